The van der Waals surface area contributed by atoms with Crippen LogP contribution < -0.4 is 5.32 Å². The minimum Gasteiger partial charge on any atom is -0.480 e. The van der Waals surface area contributed by atoms with Crippen LogP contribution in [-0.4, -0.2) is 26.6 Å². The molecular weight excluding hydrogens is 218 g/mol. The van der Waals surface area contributed by atoms with E-state index in [1.807, 2.05) is 20.8 Å². The smallest absolute Gasteiger partial charge is 0.329 e. The van der Waals surface area contributed by atoms with Crippen LogP contribution >= 0.6 is 0 Å². The number of carboxylic acid groups (broad SMARTS) is 1. The van der Waals surface area contributed by atoms with Crippen molar-refractivity contribution in [2.75, 3.05) is 5.32 Å². The molecule has 1 aromatic heterocycles. The summed E-state index contributed by atoms with van der Waals surface area (Å²) >= 11 is 0. The molecule has 2 N–H and O–H groups in total. The van der Waals surface area contributed by atoms with Gasteiger partial charge in [-0.25, -0.2) is 9.78 Å². The SMILES string of the molecule is CCCC(C)(Nc1nc(C)cnc1C)C(=O)O. The number of carboxylic acids is 1. The van der Waals surface area contributed by atoms with Crippen molar-refractivity contribution in [2.24, 2.45) is 0 Å². The van der Waals surface area contributed by atoms with Gasteiger partial charge in [-0.3, -0.25) is 4.98 Å². The molecule has 0 saturated carbocycles. The van der Waals surface area contributed by atoms with Crippen LogP contribution in [0.1, 0.15) is 38.1 Å². The Bertz CT molecular complexity index is 420. The molecule has 1 rings (SSSR count). The van der Waals surface area contributed by atoms with Crippen molar-refractivity contribution < 1.29 is 9.90 Å². The second-order valence-corrected chi connectivity index (χ2v) is 4.46. The van der Waals surface area contributed by atoms with E-state index >= 15 is 0 Å². The lowest BCUT2D eigenvalue weighted by Gasteiger charge is -2.27. The number of anilines is 1. The van der Waals surface area contributed by atoms with Crippen molar-refractivity contribution in [1.29, 1.82) is 0 Å². The van der Waals surface area contributed by atoms with E-state index in [1.165, 1.54) is 0 Å². The predicted octanol–water partition coefficient (Wildman–Crippen LogP) is 2.15. The number of hydrogen-bond acceptors (Lipinski definition) is 4. The Morgan fingerprint density at radius 1 is 1.53 bits per heavy atom. The number of nitrogens with one attached hydrogen (secondary N) is 1. The van der Waals surface area contributed by atoms with Crippen molar-refractivity contribution in [3.05, 3.63) is 17.6 Å². The van der Waals surface area contributed by atoms with Gasteiger partial charge in [-0.1, -0.05) is 13.3 Å². The van der Waals surface area contributed by atoms with Crippen LogP contribution in [0.15, 0.2) is 6.20 Å². The monoisotopic (exact) mass is 237 g/mol. The summed E-state index contributed by atoms with van der Waals surface area (Å²) in [5.74, 6) is -0.328. The molecule has 5 heteroatoms. The van der Waals surface area contributed by atoms with Crippen molar-refractivity contribution >= 4 is 11.8 Å². The lowest BCUT2D eigenvalue weighted by molar-refractivity contribution is -0.142. The Morgan fingerprint density at radius 3 is 2.71 bits per heavy atom. The van der Waals surface area contributed by atoms with Gasteiger partial charge >= 0.3 is 5.97 Å². The van der Waals surface area contributed by atoms with Gasteiger partial charge in [0, 0.05) is 6.20 Å². The standard InChI is InChI=1S/C12H19N3O2/c1-5-6-12(4,11(16)17)15-10-9(3)13-7-8(2)14-10/h7H,5-6H2,1-4H3,(H,14,15)(H,16,17). The van der Waals surface area contributed by atoms with E-state index in [0.717, 1.165) is 12.1 Å². The van der Waals surface area contributed by atoms with Crippen molar-refractivity contribution in [1.82, 2.24) is 9.97 Å². The predicted molar refractivity (Wildman–Crippen MR) is 66.1 cm³/mol. The molecule has 0 fully saturated rings. The molecular formula is C12H19N3O2. The second-order valence-electron chi connectivity index (χ2n) is 4.46. The number of aromatic nitrogens is 2. The number of rotatable bonds is 5. The molecule has 5 nitrogen and oxygen atoms in total. The molecule has 0 amide bonds. The average molecular weight is 237 g/mol. The first kappa shape index (κ1) is 13.4. The molecule has 0 aliphatic carbocycles. The maximum atomic E-state index is 11.3. The fourth-order valence-corrected chi connectivity index (χ4v) is 1.64. The summed E-state index contributed by atoms with van der Waals surface area (Å²) in [6, 6.07) is 0. The van der Waals surface area contributed by atoms with Gasteiger partial charge in [0.05, 0.1) is 11.4 Å². The Labute approximate surface area is 101 Å². The lowest BCUT2D eigenvalue weighted by atomic mass is 9.96. The quantitative estimate of drug-likeness (QED) is 0.820. The Hall–Kier alpha value is -1.65. The molecule has 17 heavy (non-hydrogen) atoms. The van der Waals surface area contributed by atoms with E-state index < -0.39 is 11.5 Å². The molecule has 1 aromatic rings. The van der Waals surface area contributed by atoms with Crippen LogP contribution in [0.5, 0.6) is 0 Å². The Balaban J connectivity index is 3.01. The van der Waals surface area contributed by atoms with Crippen LogP contribution in [0, 0.1) is 13.8 Å². The summed E-state index contributed by atoms with van der Waals surface area (Å²) in [6.45, 7) is 7.26. The molecule has 0 bridgehead atoms. The third-order valence-electron chi connectivity index (χ3n) is 2.69. The number of aryl methyl sites for hydroxylation is 2. The van der Waals surface area contributed by atoms with Crippen LogP contribution in [-0.2, 0) is 4.79 Å². The third kappa shape index (κ3) is 3.15. The maximum absolute atomic E-state index is 11.3. The number of aliphatic carboxylic acids is 1. The van der Waals surface area contributed by atoms with E-state index in [9.17, 15) is 9.90 Å². The summed E-state index contributed by atoms with van der Waals surface area (Å²) in [5, 5.41) is 12.3. The van der Waals surface area contributed by atoms with Gasteiger partial charge < -0.3 is 10.4 Å². The summed E-state index contributed by atoms with van der Waals surface area (Å²) in [7, 11) is 0. The van der Waals surface area contributed by atoms with E-state index in [2.05, 4.69) is 15.3 Å². The largest absolute Gasteiger partial charge is 0.480 e. The van der Waals surface area contributed by atoms with Gasteiger partial charge in [-0.15, -0.1) is 0 Å². The highest BCUT2D eigenvalue weighted by molar-refractivity contribution is 5.82. The minimum absolute atomic E-state index is 0.539. The van der Waals surface area contributed by atoms with E-state index in [0.29, 0.717) is 17.9 Å². The van der Waals surface area contributed by atoms with E-state index in [4.69, 9.17) is 0 Å². The first-order chi connectivity index (χ1) is 7.89. The highest BCUT2D eigenvalue weighted by Crippen LogP contribution is 2.21. The van der Waals surface area contributed by atoms with Crippen molar-refractivity contribution in [2.45, 2.75) is 46.1 Å². The zero-order valence-corrected chi connectivity index (χ0v) is 10.7. The maximum Gasteiger partial charge on any atom is 0.329 e. The second kappa shape index (κ2) is 5.12. The fraction of sp³-hybridized carbons (Fsp3) is 0.583. The molecule has 0 aromatic carbocycles. The fourth-order valence-electron chi connectivity index (χ4n) is 1.64. The van der Waals surface area contributed by atoms with Gasteiger partial charge in [-0.05, 0) is 27.2 Å². The average Bonchev–Trinajstić information content (AvgIpc) is 2.23. The highest BCUT2D eigenvalue weighted by Gasteiger charge is 2.32. The Morgan fingerprint density at radius 2 is 2.18 bits per heavy atom. The lowest BCUT2D eigenvalue weighted by Crippen LogP contribution is -2.43. The molecule has 1 unspecified atom stereocenters. The molecule has 0 aliphatic rings. The number of hydrogen-bond donors (Lipinski definition) is 2. The van der Waals surface area contributed by atoms with Gasteiger partial charge in [0.25, 0.3) is 0 Å². The first-order valence-corrected chi connectivity index (χ1v) is 5.71. The van der Waals surface area contributed by atoms with Crippen LogP contribution in [0.2, 0.25) is 0 Å². The molecule has 0 radical (unpaired) electrons. The molecule has 94 valence electrons. The van der Waals surface area contributed by atoms with E-state index in [-0.39, 0.29) is 0 Å². The van der Waals surface area contributed by atoms with Gasteiger partial charge in [0.15, 0.2) is 0 Å². The van der Waals surface area contributed by atoms with Gasteiger partial charge in [-0.2, -0.15) is 0 Å². The molecule has 0 aliphatic heterocycles. The molecule has 0 saturated heterocycles. The van der Waals surface area contributed by atoms with Crippen LogP contribution in [0.25, 0.3) is 0 Å². The van der Waals surface area contributed by atoms with E-state index in [1.54, 1.807) is 13.1 Å². The zero-order valence-electron chi connectivity index (χ0n) is 10.7. The minimum atomic E-state index is -0.998. The topological polar surface area (TPSA) is 75.1 Å². The molecule has 1 atom stereocenters. The Kier molecular flexibility index (Phi) is 4.04. The first-order valence-electron chi connectivity index (χ1n) is 5.71. The third-order valence-corrected chi connectivity index (χ3v) is 2.69. The highest BCUT2D eigenvalue weighted by atomic mass is 16.4. The summed E-state index contributed by atoms with van der Waals surface area (Å²) in [5.41, 5.74) is 0.476. The number of nitrogens with zero attached hydrogens (tertiary/aromatic N) is 2. The van der Waals surface area contributed by atoms with Gasteiger partial charge in [0.1, 0.15) is 11.4 Å². The number of carbonyl (C=O) groups is 1. The summed E-state index contributed by atoms with van der Waals surface area (Å²) in [4.78, 5) is 19.8. The molecule has 1 heterocycles. The van der Waals surface area contributed by atoms with Crippen molar-refractivity contribution in [3.8, 4) is 0 Å². The van der Waals surface area contributed by atoms with Gasteiger partial charge in [0.2, 0.25) is 0 Å². The van der Waals surface area contributed by atoms with Crippen LogP contribution in [0.4, 0.5) is 5.82 Å². The summed E-state index contributed by atoms with van der Waals surface area (Å²) in [6.07, 6.45) is 2.99. The zero-order chi connectivity index (χ0) is 13.1. The van der Waals surface area contributed by atoms with Crippen LogP contribution in [0.3, 0.4) is 0 Å². The van der Waals surface area contributed by atoms with Crippen molar-refractivity contribution in [3.63, 3.8) is 0 Å². The summed E-state index contributed by atoms with van der Waals surface area (Å²) < 4.78 is 0. The normalized spacial score (nSPS) is 14.1. The molecule has 0 spiro atoms.